The van der Waals surface area contributed by atoms with Gasteiger partial charge in [-0.05, 0) is 22.0 Å². The minimum Gasteiger partial charge on any atom is -0.494 e. The number of H-pyrrole nitrogens is 1. The Hall–Kier alpha value is -1.03. The molecule has 0 radical (unpaired) electrons. The van der Waals surface area contributed by atoms with Gasteiger partial charge in [0.1, 0.15) is 10.4 Å². The topological polar surface area (TPSA) is 37.9 Å². The average molecular weight is 227 g/mol. The maximum atomic E-state index is 5.14. The first-order valence-corrected chi connectivity index (χ1v) is 4.28. The summed E-state index contributed by atoms with van der Waals surface area (Å²) in [6, 6.07) is 1.96. The standard InChI is InChI=1S/C8H7BrN2O/c1-12-6-4-11-8(9)7-5(6)2-3-10-7/h2-4,10H,1H3. The number of nitrogens with one attached hydrogen (secondary N) is 1. The molecule has 0 saturated carbocycles. The quantitative estimate of drug-likeness (QED) is 0.759. The maximum absolute atomic E-state index is 5.14. The first-order chi connectivity index (χ1) is 5.83. The Kier molecular flexibility index (Phi) is 1.77. The van der Waals surface area contributed by atoms with Crippen molar-refractivity contribution in [2.75, 3.05) is 7.11 Å². The summed E-state index contributed by atoms with van der Waals surface area (Å²) in [5, 5.41) is 1.04. The highest BCUT2D eigenvalue weighted by atomic mass is 79.9. The zero-order valence-corrected chi connectivity index (χ0v) is 8.05. The smallest absolute Gasteiger partial charge is 0.146 e. The van der Waals surface area contributed by atoms with Crippen LogP contribution >= 0.6 is 15.9 Å². The first-order valence-electron chi connectivity index (χ1n) is 3.48. The van der Waals surface area contributed by atoms with Gasteiger partial charge in [-0.25, -0.2) is 4.98 Å². The van der Waals surface area contributed by atoms with Crippen LogP contribution in [0.15, 0.2) is 23.1 Å². The van der Waals surface area contributed by atoms with E-state index in [0.717, 1.165) is 21.3 Å². The molecule has 0 aliphatic rings. The van der Waals surface area contributed by atoms with Crippen molar-refractivity contribution in [2.24, 2.45) is 0 Å². The lowest BCUT2D eigenvalue weighted by Crippen LogP contribution is -1.86. The molecule has 62 valence electrons. The second-order valence-electron chi connectivity index (χ2n) is 2.38. The largest absolute Gasteiger partial charge is 0.494 e. The van der Waals surface area contributed by atoms with Gasteiger partial charge in [-0.1, -0.05) is 0 Å². The summed E-state index contributed by atoms with van der Waals surface area (Å²) in [5.41, 5.74) is 0.967. The molecule has 1 N–H and O–H groups in total. The molecule has 2 rings (SSSR count). The third-order valence-corrected chi connectivity index (χ3v) is 2.34. The van der Waals surface area contributed by atoms with Crippen LogP contribution in [0.25, 0.3) is 10.9 Å². The normalized spacial score (nSPS) is 10.5. The van der Waals surface area contributed by atoms with Gasteiger partial charge >= 0.3 is 0 Å². The Morgan fingerprint density at radius 1 is 1.58 bits per heavy atom. The Balaban J connectivity index is 2.82. The molecule has 2 aromatic heterocycles. The van der Waals surface area contributed by atoms with Gasteiger partial charge in [0.15, 0.2) is 0 Å². The lowest BCUT2D eigenvalue weighted by atomic mass is 10.3. The van der Waals surface area contributed by atoms with E-state index in [1.807, 2.05) is 12.3 Å². The fourth-order valence-electron chi connectivity index (χ4n) is 1.16. The zero-order valence-electron chi connectivity index (χ0n) is 6.47. The highest BCUT2D eigenvalue weighted by Crippen LogP contribution is 2.27. The van der Waals surface area contributed by atoms with Crippen molar-refractivity contribution in [1.82, 2.24) is 9.97 Å². The molecule has 12 heavy (non-hydrogen) atoms. The van der Waals surface area contributed by atoms with Gasteiger partial charge in [0.2, 0.25) is 0 Å². The molecule has 0 unspecified atom stereocenters. The number of methoxy groups -OCH3 is 1. The van der Waals surface area contributed by atoms with E-state index >= 15 is 0 Å². The van der Waals surface area contributed by atoms with E-state index in [0.29, 0.717) is 0 Å². The highest BCUT2D eigenvalue weighted by molar-refractivity contribution is 9.10. The molecule has 0 aliphatic carbocycles. The summed E-state index contributed by atoms with van der Waals surface area (Å²) < 4.78 is 5.95. The lowest BCUT2D eigenvalue weighted by Gasteiger charge is -2.00. The van der Waals surface area contributed by atoms with Crippen LogP contribution in [0, 0.1) is 0 Å². The number of rotatable bonds is 1. The minimum atomic E-state index is 0.787. The van der Waals surface area contributed by atoms with Crippen LogP contribution in [0.4, 0.5) is 0 Å². The molecule has 0 aromatic carbocycles. The van der Waals surface area contributed by atoms with Crippen molar-refractivity contribution in [1.29, 1.82) is 0 Å². The Morgan fingerprint density at radius 3 is 3.17 bits per heavy atom. The van der Waals surface area contributed by atoms with Gasteiger partial charge < -0.3 is 9.72 Å². The molecule has 0 aliphatic heterocycles. The van der Waals surface area contributed by atoms with Crippen LogP contribution in [-0.4, -0.2) is 17.1 Å². The number of fused-ring (bicyclic) bond motifs is 1. The van der Waals surface area contributed by atoms with E-state index in [1.165, 1.54) is 0 Å². The summed E-state index contributed by atoms with van der Waals surface area (Å²) in [4.78, 5) is 7.18. The summed E-state index contributed by atoms with van der Waals surface area (Å²) >= 11 is 3.34. The summed E-state index contributed by atoms with van der Waals surface area (Å²) in [5.74, 6) is 0.787. The maximum Gasteiger partial charge on any atom is 0.146 e. The SMILES string of the molecule is COc1cnc(Br)c2[nH]ccc12. The number of nitrogens with zero attached hydrogens (tertiary/aromatic N) is 1. The number of pyridine rings is 1. The monoisotopic (exact) mass is 226 g/mol. The third kappa shape index (κ3) is 0.992. The van der Waals surface area contributed by atoms with Gasteiger partial charge in [0.25, 0.3) is 0 Å². The molecule has 2 aromatic rings. The summed E-state index contributed by atoms with van der Waals surface area (Å²) in [6.45, 7) is 0. The molecule has 0 atom stereocenters. The predicted molar refractivity (Wildman–Crippen MR) is 50.3 cm³/mol. The van der Waals surface area contributed by atoms with E-state index in [-0.39, 0.29) is 0 Å². The van der Waals surface area contributed by atoms with Crippen LogP contribution in [0.2, 0.25) is 0 Å². The third-order valence-electron chi connectivity index (χ3n) is 1.73. The second-order valence-corrected chi connectivity index (χ2v) is 3.13. The van der Waals surface area contributed by atoms with Crippen molar-refractivity contribution < 1.29 is 4.74 Å². The van der Waals surface area contributed by atoms with Gasteiger partial charge in [-0.15, -0.1) is 0 Å². The number of aromatic amines is 1. The molecular formula is C8H7BrN2O. The zero-order chi connectivity index (χ0) is 8.55. The lowest BCUT2D eigenvalue weighted by molar-refractivity contribution is 0.418. The molecular weight excluding hydrogens is 220 g/mol. The molecule has 0 amide bonds. The molecule has 3 nitrogen and oxygen atoms in total. The fraction of sp³-hybridized carbons (Fsp3) is 0.125. The van der Waals surface area contributed by atoms with Gasteiger partial charge in [-0.3, -0.25) is 0 Å². The molecule has 0 fully saturated rings. The van der Waals surface area contributed by atoms with Gasteiger partial charge in [-0.2, -0.15) is 0 Å². The van der Waals surface area contributed by atoms with E-state index in [1.54, 1.807) is 13.3 Å². The van der Waals surface area contributed by atoms with E-state index < -0.39 is 0 Å². The van der Waals surface area contributed by atoms with Crippen LogP contribution in [0.3, 0.4) is 0 Å². The van der Waals surface area contributed by atoms with Crippen LogP contribution in [-0.2, 0) is 0 Å². The molecule has 0 spiro atoms. The Labute approximate surface area is 77.9 Å². The predicted octanol–water partition coefficient (Wildman–Crippen LogP) is 2.33. The Morgan fingerprint density at radius 2 is 2.42 bits per heavy atom. The van der Waals surface area contributed by atoms with Crippen molar-refractivity contribution >= 4 is 26.8 Å². The minimum absolute atomic E-state index is 0.787. The number of halogens is 1. The van der Waals surface area contributed by atoms with Gasteiger partial charge in [0.05, 0.1) is 18.8 Å². The molecule has 0 bridgehead atoms. The van der Waals surface area contributed by atoms with Crippen molar-refractivity contribution in [2.45, 2.75) is 0 Å². The van der Waals surface area contributed by atoms with Crippen molar-refractivity contribution in [3.05, 3.63) is 23.1 Å². The summed E-state index contributed by atoms with van der Waals surface area (Å²) in [7, 11) is 1.64. The average Bonchev–Trinajstić information content (AvgIpc) is 2.54. The first kappa shape index (κ1) is 7.61. The van der Waals surface area contributed by atoms with Crippen LogP contribution < -0.4 is 4.74 Å². The van der Waals surface area contributed by atoms with Crippen molar-refractivity contribution in [3.63, 3.8) is 0 Å². The number of aromatic nitrogens is 2. The van der Waals surface area contributed by atoms with Crippen molar-refractivity contribution in [3.8, 4) is 5.75 Å². The Bertz CT molecular complexity index is 410. The number of hydrogen-bond acceptors (Lipinski definition) is 2. The van der Waals surface area contributed by atoms with Crippen LogP contribution in [0.5, 0.6) is 5.75 Å². The van der Waals surface area contributed by atoms with E-state index in [4.69, 9.17) is 4.74 Å². The molecule has 0 saturated heterocycles. The molecule has 2 heterocycles. The van der Waals surface area contributed by atoms with E-state index in [2.05, 4.69) is 25.9 Å². The van der Waals surface area contributed by atoms with Gasteiger partial charge in [0, 0.05) is 11.6 Å². The highest BCUT2D eigenvalue weighted by Gasteiger charge is 2.05. The second kappa shape index (κ2) is 2.79. The number of ether oxygens (including phenoxy) is 1. The van der Waals surface area contributed by atoms with E-state index in [9.17, 15) is 0 Å². The fourth-order valence-corrected chi connectivity index (χ4v) is 1.59. The number of hydrogen-bond donors (Lipinski definition) is 1. The van der Waals surface area contributed by atoms with Crippen LogP contribution in [0.1, 0.15) is 0 Å². The summed E-state index contributed by atoms with van der Waals surface area (Å²) in [6.07, 6.45) is 3.56. The molecule has 4 heteroatoms.